The topological polar surface area (TPSA) is 110 Å². The molecule has 23 heavy (non-hydrogen) atoms. The number of hydrogen-bond acceptors (Lipinski definition) is 7. The first-order chi connectivity index (χ1) is 10.8. The molecule has 0 aromatic heterocycles. The van der Waals surface area contributed by atoms with E-state index in [0.717, 1.165) is 12.8 Å². The van der Waals surface area contributed by atoms with Gasteiger partial charge >= 0.3 is 11.9 Å². The highest BCUT2D eigenvalue weighted by Crippen LogP contribution is 2.55. The number of ether oxygens (including phenoxy) is 2. The number of rotatable bonds is 3. The van der Waals surface area contributed by atoms with Crippen LogP contribution in [0.25, 0.3) is 0 Å². The molecule has 7 nitrogen and oxygen atoms in total. The summed E-state index contributed by atoms with van der Waals surface area (Å²) in [5.74, 6) is -0.501. The van der Waals surface area contributed by atoms with E-state index in [-0.39, 0.29) is 60.7 Å². The lowest BCUT2D eigenvalue weighted by Gasteiger charge is -2.31. The minimum absolute atomic E-state index is 0.0161. The molecule has 5 unspecified atom stereocenters. The van der Waals surface area contributed by atoms with Crippen LogP contribution in [-0.4, -0.2) is 42.4 Å². The molecule has 8 heteroatoms. The number of hydrogen-bond donors (Lipinski definition) is 0. The Balaban J connectivity index is 1.36. The van der Waals surface area contributed by atoms with Crippen LogP contribution in [0.1, 0.15) is 38.5 Å². The van der Waals surface area contributed by atoms with Gasteiger partial charge in [0.15, 0.2) is 0 Å². The Morgan fingerprint density at radius 2 is 1.87 bits per heavy atom. The van der Waals surface area contributed by atoms with Crippen molar-refractivity contribution in [1.82, 2.24) is 0 Å². The SMILES string of the molecule is O=C(OC1C2CC3C(=O)OC1C3C2)C1CCC(S(=O)(=O)[O-])CC1. The van der Waals surface area contributed by atoms with Crippen LogP contribution in [0, 0.1) is 23.7 Å². The molecular formula is C15H19O7S-. The van der Waals surface area contributed by atoms with Crippen LogP contribution in [0.2, 0.25) is 0 Å². The van der Waals surface area contributed by atoms with Crippen molar-refractivity contribution in [2.75, 3.05) is 0 Å². The van der Waals surface area contributed by atoms with E-state index in [9.17, 15) is 22.6 Å². The Kier molecular flexibility index (Phi) is 3.46. The molecule has 0 aromatic carbocycles. The summed E-state index contributed by atoms with van der Waals surface area (Å²) in [6.07, 6.45) is 2.10. The third-order valence-electron chi connectivity index (χ3n) is 6.08. The third kappa shape index (κ3) is 2.46. The van der Waals surface area contributed by atoms with E-state index in [1.807, 2.05) is 0 Å². The van der Waals surface area contributed by atoms with E-state index in [0.29, 0.717) is 12.8 Å². The lowest BCUT2D eigenvalue weighted by molar-refractivity contribution is -0.166. The molecule has 3 saturated carbocycles. The summed E-state index contributed by atoms with van der Waals surface area (Å²) in [7, 11) is -4.28. The van der Waals surface area contributed by atoms with E-state index in [2.05, 4.69) is 0 Å². The van der Waals surface area contributed by atoms with E-state index < -0.39 is 15.4 Å². The van der Waals surface area contributed by atoms with Gasteiger partial charge in [-0.15, -0.1) is 0 Å². The second-order valence-electron chi connectivity index (χ2n) is 7.27. The van der Waals surface area contributed by atoms with E-state index in [1.165, 1.54) is 0 Å². The molecule has 1 aliphatic heterocycles. The van der Waals surface area contributed by atoms with Crippen molar-refractivity contribution < 1.29 is 32.0 Å². The standard InChI is InChI=1S/C15H20O7S/c16-14(7-1-3-9(4-2-7)23(18,19)20)21-12-8-5-10-11(6-8)15(17)22-13(10)12/h7-13H,1-6H2,(H,18,19,20)/p-1. The predicted molar refractivity (Wildman–Crippen MR) is 74.9 cm³/mol. The monoisotopic (exact) mass is 343 g/mol. The normalized spacial score (nSPS) is 45.1. The van der Waals surface area contributed by atoms with Gasteiger partial charge < -0.3 is 14.0 Å². The predicted octanol–water partition coefficient (Wildman–Crippen LogP) is 0.584. The van der Waals surface area contributed by atoms with E-state index in [1.54, 1.807) is 0 Å². The molecule has 5 atom stereocenters. The molecule has 0 amide bonds. The van der Waals surface area contributed by atoms with Gasteiger partial charge in [0.2, 0.25) is 0 Å². The maximum Gasteiger partial charge on any atom is 0.309 e. The first-order valence-electron chi connectivity index (χ1n) is 8.20. The molecule has 0 N–H and O–H groups in total. The molecule has 0 aromatic rings. The average Bonchev–Trinajstić information content (AvgIpc) is 3.11. The smallest absolute Gasteiger partial charge is 0.309 e. The van der Waals surface area contributed by atoms with Crippen molar-refractivity contribution in [2.45, 2.75) is 56.0 Å². The van der Waals surface area contributed by atoms with Gasteiger partial charge in [-0.05, 0) is 38.5 Å². The summed E-state index contributed by atoms with van der Waals surface area (Å²) in [5.41, 5.74) is 0. The van der Waals surface area contributed by atoms with Crippen molar-refractivity contribution in [2.24, 2.45) is 23.7 Å². The Hall–Kier alpha value is -1.15. The summed E-state index contributed by atoms with van der Waals surface area (Å²) >= 11 is 0. The maximum absolute atomic E-state index is 12.4. The summed E-state index contributed by atoms with van der Waals surface area (Å²) < 4.78 is 44.1. The molecule has 0 radical (unpaired) electrons. The molecule has 4 rings (SSSR count). The largest absolute Gasteiger partial charge is 0.748 e. The van der Waals surface area contributed by atoms with Crippen molar-refractivity contribution >= 4 is 22.1 Å². The van der Waals surface area contributed by atoms with Gasteiger partial charge in [0.05, 0.1) is 22.0 Å². The fourth-order valence-corrected chi connectivity index (χ4v) is 5.73. The van der Waals surface area contributed by atoms with Gasteiger partial charge in [0.1, 0.15) is 12.2 Å². The zero-order valence-corrected chi connectivity index (χ0v) is 13.4. The minimum Gasteiger partial charge on any atom is -0.748 e. The maximum atomic E-state index is 12.4. The summed E-state index contributed by atoms with van der Waals surface area (Å²) in [6.45, 7) is 0. The Bertz CT molecular complexity index is 634. The molecule has 128 valence electrons. The van der Waals surface area contributed by atoms with Gasteiger partial charge in [0, 0.05) is 17.1 Å². The highest BCUT2D eigenvalue weighted by Gasteiger charge is 2.63. The summed E-state index contributed by atoms with van der Waals surface area (Å²) in [5, 5.41) is -0.884. The van der Waals surface area contributed by atoms with Crippen LogP contribution in [-0.2, 0) is 29.2 Å². The molecular weight excluding hydrogens is 324 g/mol. The zero-order chi connectivity index (χ0) is 16.4. The average molecular weight is 343 g/mol. The summed E-state index contributed by atoms with van der Waals surface area (Å²) in [4.78, 5) is 24.1. The number of carbonyl (C=O) groups excluding carboxylic acids is 2. The van der Waals surface area contributed by atoms with Crippen LogP contribution in [0.5, 0.6) is 0 Å². The van der Waals surface area contributed by atoms with Crippen LogP contribution >= 0.6 is 0 Å². The number of carbonyl (C=O) groups is 2. The first kappa shape index (κ1) is 15.4. The van der Waals surface area contributed by atoms with Gasteiger partial charge in [-0.2, -0.15) is 0 Å². The van der Waals surface area contributed by atoms with E-state index in [4.69, 9.17) is 9.47 Å². The number of esters is 2. The van der Waals surface area contributed by atoms with Crippen LogP contribution in [0.15, 0.2) is 0 Å². The van der Waals surface area contributed by atoms with Gasteiger partial charge in [-0.25, -0.2) is 8.42 Å². The van der Waals surface area contributed by atoms with Crippen molar-refractivity contribution in [3.8, 4) is 0 Å². The Morgan fingerprint density at radius 1 is 1.17 bits per heavy atom. The quantitative estimate of drug-likeness (QED) is 0.544. The molecule has 1 heterocycles. The molecule has 0 spiro atoms. The summed E-state index contributed by atoms with van der Waals surface area (Å²) in [6, 6.07) is 0. The Labute approximate surface area is 134 Å². The third-order valence-corrected chi connectivity index (χ3v) is 7.37. The zero-order valence-electron chi connectivity index (χ0n) is 12.6. The van der Waals surface area contributed by atoms with Crippen molar-refractivity contribution in [3.05, 3.63) is 0 Å². The fourth-order valence-electron chi connectivity index (χ4n) is 4.88. The minimum atomic E-state index is -4.28. The van der Waals surface area contributed by atoms with Gasteiger partial charge in [-0.1, -0.05) is 0 Å². The second-order valence-corrected chi connectivity index (χ2v) is 8.92. The molecule has 3 aliphatic carbocycles. The van der Waals surface area contributed by atoms with Crippen LogP contribution in [0.4, 0.5) is 0 Å². The van der Waals surface area contributed by atoms with Gasteiger partial charge in [-0.3, -0.25) is 9.59 Å². The lowest BCUT2D eigenvalue weighted by atomic mass is 9.87. The molecule has 4 fully saturated rings. The second kappa shape index (κ2) is 5.17. The lowest BCUT2D eigenvalue weighted by Crippen LogP contribution is -2.39. The molecule has 2 bridgehead atoms. The highest BCUT2D eigenvalue weighted by atomic mass is 32.2. The fraction of sp³-hybridized carbons (Fsp3) is 0.867. The van der Waals surface area contributed by atoms with Crippen molar-refractivity contribution in [1.29, 1.82) is 0 Å². The van der Waals surface area contributed by atoms with E-state index >= 15 is 0 Å². The van der Waals surface area contributed by atoms with Gasteiger partial charge in [0.25, 0.3) is 0 Å². The molecule has 4 aliphatic rings. The molecule has 1 saturated heterocycles. The van der Waals surface area contributed by atoms with Crippen molar-refractivity contribution in [3.63, 3.8) is 0 Å². The Morgan fingerprint density at radius 3 is 2.52 bits per heavy atom. The number of fused-ring (bicyclic) bond motifs is 1. The highest BCUT2D eigenvalue weighted by molar-refractivity contribution is 7.86. The van der Waals surface area contributed by atoms with Crippen LogP contribution in [0.3, 0.4) is 0 Å². The first-order valence-corrected chi connectivity index (χ1v) is 9.67. The van der Waals surface area contributed by atoms with Crippen LogP contribution < -0.4 is 0 Å².